The van der Waals surface area contributed by atoms with E-state index in [0.717, 1.165) is 25.0 Å². The Balaban J connectivity index is 2.01. The van der Waals surface area contributed by atoms with Crippen LogP contribution in [0.2, 0.25) is 0 Å². The molecule has 0 fully saturated rings. The van der Waals surface area contributed by atoms with Gasteiger partial charge in [-0.3, -0.25) is 0 Å². The summed E-state index contributed by atoms with van der Waals surface area (Å²) in [7, 11) is 0. The van der Waals surface area contributed by atoms with E-state index in [1.807, 2.05) is 0 Å². The number of fused-ring (bicyclic) bond motifs is 7. The lowest BCUT2D eigenvalue weighted by molar-refractivity contribution is 0.390. The Morgan fingerprint density at radius 2 is 1.64 bits per heavy atom. The maximum atomic E-state index is 6.67. The maximum absolute atomic E-state index is 6.67. The molecule has 0 saturated heterocycles. The van der Waals surface area contributed by atoms with Gasteiger partial charge in [-0.25, -0.2) is 0 Å². The molecule has 0 unspecified atom stereocenters. The second-order valence-corrected chi connectivity index (χ2v) is 7.08. The first kappa shape index (κ1) is 14.8. The van der Waals surface area contributed by atoms with Gasteiger partial charge in [0.15, 0.2) is 5.58 Å². The highest BCUT2D eigenvalue weighted by Gasteiger charge is 2.45. The molecule has 0 atom stereocenters. The van der Waals surface area contributed by atoms with E-state index in [-0.39, 0.29) is 5.41 Å². The fourth-order valence-corrected chi connectivity index (χ4v) is 4.99. The van der Waals surface area contributed by atoms with Crippen LogP contribution in [0.25, 0.3) is 33.1 Å². The van der Waals surface area contributed by atoms with E-state index >= 15 is 0 Å². The first-order valence-corrected chi connectivity index (χ1v) is 9.40. The minimum absolute atomic E-state index is 0.00459. The van der Waals surface area contributed by atoms with E-state index in [2.05, 4.69) is 73.9 Å². The van der Waals surface area contributed by atoms with E-state index < -0.39 is 0 Å². The third-order valence-electron chi connectivity index (χ3n) is 6.26. The van der Waals surface area contributed by atoms with Crippen LogP contribution in [0.15, 0.2) is 52.9 Å². The average Bonchev–Trinajstić information content (AvgIpc) is 3.27. The van der Waals surface area contributed by atoms with Crippen molar-refractivity contribution in [2.75, 3.05) is 0 Å². The van der Waals surface area contributed by atoms with Gasteiger partial charge in [0.25, 0.3) is 0 Å². The van der Waals surface area contributed by atoms with Crippen LogP contribution in [0.4, 0.5) is 0 Å². The van der Waals surface area contributed by atoms with Crippen LogP contribution in [0, 0.1) is 0 Å². The number of para-hydroxylation sites is 1. The zero-order chi connectivity index (χ0) is 17.2. The molecule has 0 aliphatic heterocycles. The van der Waals surface area contributed by atoms with Crippen LogP contribution in [0.3, 0.4) is 0 Å². The number of aromatic nitrogens is 1. The molecule has 25 heavy (non-hydrogen) atoms. The highest BCUT2D eigenvalue weighted by molar-refractivity contribution is 6.12. The SMILES string of the molecule is CCn1c2ccccc2c2oc3c(c21)-c1ccccc1C3(CC)CC. The van der Waals surface area contributed by atoms with Crippen molar-refractivity contribution in [3.05, 3.63) is 59.9 Å². The van der Waals surface area contributed by atoms with Crippen molar-refractivity contribution in [3.8, 4) is 11.1 Å². The summed E-state index contributed by atoms with van der Waals surface area (Å²) in [6, 6.07) is 17.5. The molecule has 0 bridgehead atoms. The van der Waals surface area contributed by atoms with Gasteiger partial charge in [0.1, 0.15) is 5.76 Å². The van der Waals surface area contributed by atoms with Crippen molar-refractivity contribution in [2.24, 2.45) is 0 Å². The molecule has 4 aromatic rings. The summed E-state index contributed by atoms with van der Waals surface area (Å²) in [5.41, 5.74) is 7.72. The maximum Gasteiger partial charge on any atom is 0.160 e. The molecule has 126 valence electrons. The molecule has 5 rings (SSSR count). The highest BCUT2D eigenvalue weighted by atomic mass is 16.3. The van der Waals surface area contributed by atoms with Crippen LogP contribution in [0.5, 0.6) is 0 Å². The monoisotopic (exact) mass is 329 g/mol. The molecule has 2 aromatic heterocycles. The fraction of sp³-hybridized carbons (Fsp3) is 0.304. The number of hydrogen-bond acceptors (Lipinski definition) is 1. The summed E-state index contributed by atoms with van der Waals surface area (Å²) in [6.45, 7) is 7.74. The van der Waals surface area contributed by atoms with E-state index in [4.69, 9.17) is 4.42 Å². The molecule has 1 aliphatic carbocycles. The van der Waals surface area contributed by atoms with Crippen LogP contribution in [0.1, 0.15) is 44.9 Å². The second kappa shape index (κ2) is 5.01. The molecule has 0 N–H and O–H groups in total. The summed E-state index contributed by atoms with van der Waals surface area (Å²) in [5.74, 6) is 1.18. The number of nitrogens with zero attached hydrogens (tertiary/aromatic N) is 1. The van der Waals surface area contributed by atoms with E-state index in [1.165, 1.54) is 38.9 Å². The lowest BCUT2D eigenvalue weighted by Gasteiger charge is -2.26. The number of benzene rings is 2. The average molecular weight is 329 g/mol. The number of furan rings is 1. The van der Waals surface area contributed by atoms with Crippen molar-refractivity contribution >= 4 is 22.0 Å². The van der Waals surface area contributed by atoms with Gasteiger partial charge >= 0.3 is 0 Å². The topological polar surface area (TPSA) is 18.1 Å². The zero-order valence-corrected chi connectivity index (χ0v) is 15.1. The van der Waals surface area contributed by atoms with Crippen molar-refractivity contribution in [2.45, 2.75) is 45.6 Å². The summed E-state index contributed by atoms with van der Waals surface area (Å²) >= 11 is 0. The molecule has 0 amide bonds. The van der Waals surface area contributed by atoms with E-state index in [1.54, 1.807) is 0 Å². The smallest absolute Gasteiger partial charge is 0.160 e. The number of rotatable bonds is 3. The standard InChI is InChI=1S/C23H23NO/c1-4-23(5-2)17-13-9-7-11-15(17)19-20-21(25-22(19)23)16-12-8-10-14-18(16)24(20)6-3/h7-14H,4-6H2,1-3H3. The third kappa shape index (κ3) is 1.60. The Bertz CT molecular complexity index is 1110. The van der Waals surface area contributed by atoms with Gasteiger partial charge in [-0.15, -0.1) is 0 Å². The summed E-state index contributed by atoms with van der Waals surface area (Å²) in [4.78, 5) is 0. The molecule has 0 radical (unpaired) electrons. The van der Waals surface area contributed by atoms with Crippen LogP contribution < -0.4 is 0 Å². The molecule has 2 aromatic carbocycles. The minimum Gasteiger partial charge on any atom is -0.457 e. The van der Waals surface area contributed by atoms with Gasteiger partial charge in [-0.1, -0.05) is 50.2 Å². The number of aryl methyl sites for hydroxylation is 1. The van der Waals surface area contributed by atoms with E-state index in [0.29, 0.717) is 0 Å². The van der Waals surface area contributed by atoms with Crippen LogP contribution in [-0.2, 0) is 12.0 Å². The quantitative estimate of drug-likeness (QED) is 0.420. The largest absolute Gasteiger partial charge is 0.457 e. The molecule has 0 saturated carbocycles. The summed E-state index contributed by atoms with van der Waals surface area (Å²) in [6.07, 6.45) is 2.13. The van der Waals surface area contributed by atoms with Crippen LogP contribution in [-0.4, -0.2) is 4.57 Å². The minimum atomic E-state index is 0.00459. The van der Waals surface area contributed by atoms with Crippen LogP contribution >= 0.6 is 0 Å². The molecule has 2 nitrogen and oxygen atoms in total. The molecule has 1 aliphatic rings. The second-order valence-electron chi connectivity index (χ2n) is 7.08. The Labute approximate surface area is 148 Å². The van der Waals surface area contributed by atoms with Gasteiger partial charge in [0, 0.05) is 17.5 Å². The summed E-state index contributed by atoms with van der Waals surface area (Å²) in [5, 5.41) is 1.23. The first-order chi connectivity index (χ1) is 12.3. The van der Waals surface area contributed by atoms with Crippen molar-refractivity contribution in [1.29, 1.82) is 0 Å². The Morgan fingerprint density at radius 1 is 0.920 bits per heavy atom. The molecular formula is C23H23NO. The van der Waals surface area contributed by atoms with Crippen molar-refractivity contribution < 1.29 is 4.42 Å². The van der Waals surface area contributed by atoms with Gasteiger partial charge in [0.05, 0.1) is 16.4 Å². The van der Waals surface area contributed by atoms with E-state index in [9.17, 15) is 0 Å². The highest BCUT2D eigenvalue weighted by Crippen LogP contribution is 2.57. The van der Waals surface area contributed by atoms with Gasteiger partial charge in [-0.2, -0.15) is 0 Å². The molecular weight excluding hydrogens is 306 g/mol. The van der Waals surface area contributed by atoms with Crippen molar-refractivity contribution in [3.63, 3.8) is 0 Å². The molecule has 2 heteroatoms. The first-order valence-electron chi connectivity index (χ1n) is 9.40. The number of hydrogen-bond donors (Lipinski definition) is 0. The Morgan fingerprint density at radius 3 is 2.40 bits per heavy atom. The third-order valence-corrected chi connectivity index (χ3v) is 6.26. The fourth-order valence-electron chi connectivity index (χ4n) is 4.99. The van der Waals surface area contributed by atoms with Crippen molar-refractivity contribution in [1.82, 2.24) is 4.57 Å². The lowest BCUT2D eigenvalue weighted by atomic mass is 9.77. The normalized spacial score (nSPS) is 15.0. The molecule has 2 heterocycles. The predicted molar refractivity (Wildman–Crippen MR) is 104 cm³/mol. The zero-order valence-electron chi connectivity index (χ0n) is 15.1. The lowest BCUT2D eigenvalue weighted by Crippen LogP contribution is -2.22. The Kier molecular flexibility index (Phi) is 2.97. The van der Waals surface area contributed by atoms with Gasteiger partial charge in [0.2, 0.25) is 0 Å². The van der Waals surface area contributed by atoms with Gasteiger partial charge in [-0.05, 0) is 43.0 Å². The molecule has 0 spiro atoms. The summed E-state index contributed by atoms with van der Waals surface area (Å²) < 4.78 is 9.09. The van der Waals surface area contributed by atoms with Gasteiger partial charge < -0.3 is 8.98 Å². The predicted octanol–water partition coefficient (Wildman–Crippen LogP) is 6.49. The Hall–Kier alpha value is -2.48.